The molecule has 1 rings (SSSR count). The molecule has 0 aromatic carbocycles. The standard InChI is InChI=1S/C22H40O4/c1-2-3-4-5-6-9-14-19-25-21(23)17-12-13-18-22(24)26-20-15-10-7-8-11-16-20/h20H,2-19H2,1H3. The minimum atomic E-state index is -0.131. The summed E-state index contributed by atoms with van der Waals surface area (Å²) in [5, 5.41) is 0. The fourth-order valence-corrected chi connectivity index (χ4v) is 3.46. The van der Waals surface area contributed by atoms with E-state index < -0.39 is 0 Å². The third-order valence-electron chi connectivity index (χ3n) is 5.12. The topological polar surface area (TPSA) is 52.6 Å². The van der Waals surface area contributed by atoms with Gasteiger partial charge in [0.15, 0.2) is 0 Å². The van der Waals surface area contributed by atoms with E-state index in [1.807, 2.05) is 0 Å². The first-order chi connectivity index (χ1) is 12.7. The normalized spacial score (nSPS) is 15.4. The summed E-state index contributed by atoms with van der Waals surface area (Å²) in [6.07, 6.45) is 17.8. The van der Waals surface area contributed by atoms with Crippen molar-refractivity contribution in [1.82, 2.24) is 0 Å². The molecule has 0 aromatic heterocycles. The first-order valence-electron chi connectivity index (χ1n) is 11.1. The second kappa shape index (κ2) is 16.1. The van der Waals surface area contributed by atoms with Gasteiger partial charge in [-0.05, 0) is 44.9 Å². The third-order valence-corrected chi connectivity index (χ3v) is 5.12. The lowest BCUT2D eigenvalue weighted by Gasteiger charge is -2.15. The molecule has 0 N–H and O–H groups in total. The predicted octanol–water partition coefficient (Wildman–Crippen LogP) is 6.11. The number of rotatable bonds is 14. The van der Waals surface area contributed by atoms with Crippen LogP contribution in [0.4, 0.5) is 0 Å². The molecule has 1 fully saturated rings. The van der Waals surface area contributed by atoms with Crippen molar-refractivity contribution >= 4 is 11.9 Å². The summed E-state index contributed by atoms with van der Waals surface area (Å²) in [7, 11) is 0. The highest BCUT2D eigenvalue weighted by Crippen LogP contribution is 2.20. The third kappa shape index (κ3) is 13.2. The Bertz CT molecular complexity index is 359. The Morgan fingerprint density at radius 2 is 1.31 bits per heavy atom. The summed E-state index contributed by atoms with van der Waals surface area (Å²) in [4.78, 5) is 23.5. The predicted molar refractivity (Wildman–Crippen MR) is 105 cm³/mol. The lowest BCUT2D eigenvalue weighted by molar-refractivity contribution is -0.150. The van der Waals surface area contributed by atoms with Gasteiger partial charge in [0.2, 0.25) is 0 Å². The van der Waals surface area contributed by atoms with Gasteiger partial charge in [-0.2, -0.15) is 0 Å². The van der Waals surface area contributed by atoms with Gasteiger partial charge < -0.3 is 9.47 Å². The van der Waals surface area contributed by atoms with E-state index in [1.54, 1.807) is 0 Å². The second-order valence-corrected chi connectivity index (χ2v) is 7.65. The number of esters is 2. The molecule has 0 aliphatic heterocycles. The van der Waals surface area contributed by atoms with E-state index >= 15 is 0 Å². The van der Waals surface area contributed by atoms with Crippen LogP contribution in [0.25, 0.3) is 0 Å². The van der Waals surface area contributed by atoms with Crippen LogP contribution in [0.15, 0.2) is 0 Å². The molecule has 4 nitrogen and oxygen atoms in total. The Morgan fingerprint density at radius 3 is 1.96 bits per heavy atom. The highest BCUT2D eigenvalue weighted by Gasteiger charge is 2.16. The van der Waals surface area contributed by atoms with Crippen molar-refractivity contribution in [3.8, 4) is 0 Å². The number of unbranched alkanes of at least 4 members (excludes halogenated alkanes) is 7. The minimum Gasteiger partial charge on any atom is -0.466 e. The van der Waals surface area contributed by atoms with Crippen LogP contribution < -0.4 is 0 Å². The zero-order valence-electron chi connectivity index (χ0n) is 16.9. The Morgan fingerprint density at radius 1 is 0.731 bits per heavy atom. The van der Waals surface area contributed by atoms with E-state index in [4.69, 9.17) is 9.47 Å². The molecule has 0 atom stereocenters. The maximum absolute atomic E-state index is 11.9. The van der Waals surface area contributed by atoms with Gasteiger partial charge in [0.05, 0.1) is 6.61 Å². The van der Waals surface area contributed by atoms with E-state index in [1.165, 1.54) is 57.8 Å². The van der Waals surface area contributed by atoms with E-state index in [-0.39, 0.29) is 18.0 Å². The molecule has 26 heavy (non-hydrogen) atoms. The molecule has 0 bridgehead atoms. The Hall–Kier alpha value is -1.06. The summed E-state index contributed by atoms with van der Waals surface area (Å²) in [6.45, 7) is 2.76. The highest BCUT2D eigenvalue weighted by atomic mass is 16.5. The fraction of sp³-hybridized carbons (Fsp3) is 0.909. The van der Waals surface area contributed by atoms with E-state index in [2.05, 4.69) is 6.92 Å². The first-order valence-corrected chi connectivity index (χ1v) is 11.1. The zero-order chi connectivity index (χ0) is 18.9. The molecule has 1 saturated carbocycles. The summed E-state index contributed by atoms with van der Waals surface area (Å²) < 4.78 is 10.8. The smallest absolute Gasteiger partial charge is 0.306 e. The summed E-state index contributed by atoms with van der Waals surface area (Å²) >= 11 is 0. The number of carbonyl (C=O) groups is 2. The first kappa shape index (κ1) is 23.0. The maximum atomic E-state index is 11.9. The zero-order valence-corrected chi connectivity index (χ0v) is 16.9. The van der Waals surface area contributed by atoms with Gasteiger partial charge >= 0.3 is 11.9 Å². The van der Waals surface area contributed by atoms with Crippen LogP contribution >= 0.6 is 0 Å². The van der Waals surface area contributed by atoms with Gasteiger partial charge in [0, 0.05) is 12.8 Å². The molecular weight excluding hydrogens is 328 g/mol. The molecule has 0 amide bonds. The van der Waals surface area contributed by atoms with Crippen molar-refractivity contribution in [2.75, 3.05) is 6.61 Å². The molecule has 0 radical (unpaired) electrons. The quantitative estimate of drug-likeness (QED) is 0.211. The van der Waals surface area contributed by atoms with Gasteiger partial charge in [0.1, 0.15) is 6.10 Å². The Balaban J connectivity index is 1.90. The van der Waals surface area contributed by atoms with E-state index in [0.29, 0.717) is 32.3 Å². The van der Waals surface area contributed by atoms with Gasteiger partial charge in [-0.3, -0.25) is 9.59 Å². The van der Waals surface area contributed by atoms with Gasteiger partial charge in [-0.1, -0.05) is 58.3 Å². The van der Waals surface area contributed by atoms with Crippen molar-refractivity contribution in [3.63, 3.8) is 0 Å². The molecule has 0 saturated heterocycles. The van der Waals surface area contributed by atoms with Crippen molar-refractivity contribution in [1.29, 1.82) is 0 Å². The van der Waals surface area contributed by atoms with Crippen LogP contribution in [0, 0.1) is 0 Å². The fourth-order valence-electron chi connectivity index (χ4n) is 3.46. The number of hydrogen-bond donors (Lipinski definition) is 0. The van der Waals surface area contributed by atoms with Crippen molar-refractivity contribution in [2.24, 2.45) is 0 Å². The van der Waals surface area contributed by atoms with E-state index in [9.17, 15) is 9.59 Å². The van der Waals surface area contributed by atoms with Crippen molar-refractivity contribution < 1.29 is 19.1 Å². The van der Waals surface area contributed by atoms with Crippen LogP contribution in [0.5, 0.6) is 0 Å². The molecule has 4 heteroatoms. The average molecular weight is 369 g/mol. The minimum absolute atomic E-state index is 0.103. The molecule has 0 unspecified atom stereocenters. The number of hydrogen-bond acceptors (Lipinski definition) is 4. The SMILES string of the molecule is CCCCCCCCCOC(=O)CCCCC(=O)OC1CCCCCC1. The van der Waals surface area contributed by atoms with Gasteiger partial charge in [-0.15, -0.1) is 0 Å². The lowest BCUT2D eigenvalue weighted by Crippen LogP contribution is -2.17. The van der Waals surface area contributed by atoms with Gasteiger partial charge in [0.25, 0.3) is 0 Å². The van der Waals surface area contributed by atoms with Crippen LogP contribution in [0.3, 0.4) is 0 Å². The summed E-state index contributed by atoms with van der Waals surface area (Å²) in [5.74, 6) is -0.235. The number of carbonyl (C=O) groups excluding carboxylic acids is 2. The second-order valence-electron chi connectivity index (χ2n) is 7.65. The average Bonchev–Trinajstić information content (AvgIpc) is 2.89. The largest absolute Gasteiger partial charge is 0.466 e. The summed E-state index contributed by atoms with van der Waals surface area (Å²) in [6, 6.07) is 0. The molecule has 0 spiro atoms. The van der Waals surface area contributed by atoms with Gasteiger partial charge in [-0.25, -0.2) is 0 Å². The van der Waals surface area contributed by atoms with Crippen LogP contribution in [-0.2, 0) is 19.1 Å². The van der Waals surface area contributed by atoms with E-state index in [0.717, 1.165) is 25.7 Å². The molecule has 0 heterocycles. The Kier molecular flexibility index (Phi) is 14.3. The lowest BCUT2D eigenvalue weighted by atomic mass is 10.1. The molecule has 0 aromatic rings. The molecule has 152 valence electrons. The van der Waals surface area contributed by atoms with Crippen molar-refractivity contribution in [2.45, 2.75) is 122 Å². The maximum Gasteiger partial charge on any atom is 0.306 e. The number of ether oxygens (including phenoxy) is 2. The van der Waals surface area contributed by atoms with Crippen LogP contribution in [0.2, 0.25) is 0 Å². The molecule has 1 aliphatic rings. The highest BCUT2D eigenvalue weighted by molar-refractivity contribution is 5.70. The monoisotopic (exact) mass is 368 g/mol. The molecular formula is C22H40O4. The summed E-state index contributed by atoms with van der Waals surface area (Å²) in [5.41, 5.74) is 0. The van der Waals surface area contributed by atoms with Crippen molar-refractivity contribution in [3.05, 3.63) is 0 Å². The van der Waals surface area contributed by atoms with Crippen LogP contribution in [0.1, 0.15) is 116 Å². The Labute approximate surface area is 160 Å². The van der Waals surface area contributed by atoms with Crippen LogP contribution in [-0.4, -0.2) is 24.6 Å². The molecule has 1 aliphatic carbocycles.